The van der Waals surface area contributed by atoms with Gasteiger partial charge in [-0.25, -0.2) is 9.78 Å². The number of nitrogens with zero attached hydrogens (tertiary/aromatic N) is 4. The molecule has 1 aliphatic rings. The van der Waals surface area contributed by atoms with Crippen molar-refractivity contribution in [2.24, 2.45) is 0 Å². The molecule has 16 heteroatoms. The van der Waals surface area contributed by atoms with Crippen LogP contribution in [0.1, 0.15) is 93.8 Å². The van der Waals surface area contributed by atoms with Crippen molar-refractivity contribution in [3.8, 4) is 29.1 Å². The summed E-state index contributed by atoms with van der Waals surface area (Å²) in [6, 6.07) is 8.67. The molecule has 2 aromatic carbocycles. The van der Waals surface area contributed by atoms with E-state index in [2.05, 4.69) is 26.7 Å². The molecule has 1 aliphatic carbocycles. The number of nitrogen functional groups attached to an aromatic ring is 2. The normalized spacial score (nSPS) is 13.5. The van der Waals surface area contributed by atoms with E-state index in [1.807, 2.05) is 33.8 Å². The van der Waals surface area contributed by atoms with Crippen molar-refractivity contribution in [3.63, 3.8) is 0 Å². The maximum Gasteiger partial charge on any atom is 0.514 e. The monoisotopic (exact) mass is 790 g/mol. The zero-order valence-electron chi connectivity index (χ0n) is 32.6. The molecule has 56 heavy (non-hydrogen) atoms. The highest BCUT2D eigenvalue weighted by molar-refractivity contribution is 7.85. The minimum absolute atomic E-state index is 0.0152. The van der Waals surface area contributed by atoms with Gasteiger partial charge in [-0.3, -0.25) is 14.2 Å². The van der Waals surface area contributed by atoms with Crippen molar-refractivity contribution in [2.45, 2.75) is 90.1 Å². The molecule has 300 valence electrons. The van der Waals surface area contributed by atoms with E-state index in [4.69, 9.17) is 30.4 Å². The number of hydrogen-bond acceptors (Lipinski definition) is 13. The number of carbonyl (C=O) groups is 1. The Morgan fingerprint density at radius 2 is 1.73 bits per heavy atom. The number of carbonyl (C=O) groups excluding carboxylic acids is 1. The molecule has 2 heterocycles. The van der Waals surface area contributed by atoms with E-state index in [9.17, 15) is 22.6 Å². The maximum absolute atomic E-state index is 14.1. The fourth-order valence-electron chi connectivity index (χ4n) is 7.28. The average Bonchev–Trinajstić information content (AvgIpc) is 3.14. The Morgan fingerprint density at radius 1 is 1.02 bits per heavy atom. The average molecular weight is 791 g/mol. The minimum Gasteiger partial charge on any atom is -0.493 e. The molecule has 0 atom stereocenters. The number of anilines is 2. The molecule has 5 rings (SSSR count). The van der Waals surface area contributed by atoms with E-state index in [0.29, 0.717) is 59.5 Å². The molecule has 2 aromatic heterocycles. The lowest BCUT2D eigenvalue weighted by Gasteiger charge is -2.30. The molecule has 0 saturated heterocycles. The molecule has 15 nitrogen and oxygen atoms in total. The van der Waals surface area contributed by atoms with E-state index in [0.717, 1.165) is 24.8 Å². The summed E-state index contributed by atoms with van der Waals surface area (Å²) in [5.74, 6) is 6.00. The van der Waals surface area contributed by atoms with E-state index in [-0.39, 0.29) is 47.6 Å². The third kappa shape index (κ3) is 10.1. The van der Waals surface area contributed by atoms with Gasteiger partial charge in [0.15, 0.2) is 11.5 Å². The van der Waals surface area contributed by atoms with Crippen LogP contribution in [0.25, 0.3) is 10.9 Å². The summed E-state index contributed by atoms with van der Waals surface area (Å²) in [7, 11) is -1.68. The van der Waals surface area contributed by atoms with Gasteiger partial charge >= 0.3 is 6.16 Å². The van der Waals surface area contributed by atoms with Crippen LogP contribution in [0.5, 0.6) is 17.2 Å². The first kappa shape index (κ1) is 41.8. The van der Waals surface area contributed by atoms with Gasteiger partial charge in [-0.2, -0.15) is 13.4 Å². The van der Waals surface area contributed by atoms with Crippen molar-refractivity contribution in [1.29, 1.82) is 0 Å². The van der Waals surface area contributed by atoms with E-state index < -0.39 is 33.2 Å². The minimum atomic E-state index is -4.71. The molecular weight excluding hydrogens is 741 g/mol. The number of pyridine rings is 1. The molecule has 1 saturated carbocycles. The Labute approximate surface area is 327 Å². The van der Waals surface area contributed by atoms with Crippen LogP contribution in [0, 0.1) is 11.8 Å². The summed E-state index contributed by atoms with van der Waals surface area (Å²) >= 11 is 0. The Morgan fingerprint density at radius 3 is 2.36 bits per heavy atom. The lowest BCUT2D eigenvalue weighted by Crippen LogP contribution is -2.39. The van der Waals surface area contributed by atoms with Gasteiger partial charge in [-0.15, -0.1) is 0 Å². The van der Waals surface area contributed by atoms with Crippen molar-refractivity contribution < 1.29 is 36.7 Å². The summed E-state index contributed by atoms with van der Waals surface area (Å²) < 4.78 is 59.1. The first-order valence-electron chi connectivity index (χ1n) is 18.5. The number of nitrogens with two attached hydrogens (primary N) is 2. The van der Waals surface area contributed by atoms with E-state index in [1.165, 1.54) is 14.2 Å². The van der Waals surface area contributed by atoms with Gasteiger partial charge in [0.05, 0.1) is 31.0 Å². The summed E-state index contributed by atoms with van der Waals surface area (Å²) in [6.45, 7) is 8.53. The molecule has 4 aromatic rings. The lowest BCUT2D eigenvalue weighted by molar-refractivity contribution is 0.0730. The van der Waals surface area contributed by atoms with Crippen LogP contribution in [0.15, 0.2) is 41.3 Å². The van der Waals surface area contributed by atoms with Gasteiger partial charge in [-0.05, 0) is 76.4 Å². The van der Waals surface area contributed by atoms with Crippen molar-refractivity contribution >= 4 is 38.9 Å². The molecule has 0 bridgehead atoms. The Balaban J connectivity index is 1.60. The summed E-state index contributed by atoms with van der Waals surface area (Å²) in [4.78, 5) is 37.4. The molecule has 5 N–H and O–H groups in total. The van der Waals surface area contributed by atoms with Gasteiger partial charge in [0.25, 0.3) is 10.1 Å². The number of aromatic nitrogens is 3. The van der Waals surface area contributed by atoms with E-state index >= 15 is 0 Å². The third-order valence-corrected chi connectivity index (χ3v) is 10.4. The zero-order valence-corrected chi connectivity index (χ0v) is 33.4. The second-order valence-corrected chi connectivity index (χ2v) is 15.7. The highest BCUT2D eigenvalue weighted by Gasteiger charge is 2.29. The molecule has 0 amide bonds. The summed E-state index contributed by atoms with van der Waals surface area (Å²) in [5, 5.41) is 0.179. The number of rotatable bonds is 13. The first-order valence-corrected chi connectivity index (χ1v) is 20.1. The molecule has 0 radical (unpaired) electrons. The van der Waals surface area contributed by atoms with Crippen LogP contribution in [0.4, 0.5) is 16.6 Å². The quantitative estimate of drug-likeness (QED) is 0.0869. The second kappa shape index (κ2) is 18.1. The number of fused-ring (bicyclic) bond motifs is 1. The molecular formula is C40H50N6O9S. The highest BCUT2D eigenvalue weighted by Crippen LogP contribution is 2.36. The predicted octanol–water partition coefficient (Wildman–Crippen LogP) is 5.49. The van der Waals surface area contributed by atoms with Gasteiger partial charge in [-0.1, -0.05) is 31.1 Å². The lowest BCUT2D eigenvalue weighted by atomic mass is 9.94. The van der Waals surface area contributed by atoms with Crippen LogP contribution in [0.3, 0.4) is 0 Å². The zero-order chi connectivity index (χ0) is 40.7. The second-order valence-electron chi connectivity index (χ2n) is 14.3. The van der Waals surface area contributed by atoms with Crippen LogP contribution in [-0.2, 0) is 27.0 Å². The largest absolute Gasteiger partial charge is 0.514 e. The fourth-order valence-corrected chi connectivity index (χ4v) is 7.90. The molecule has 1 fully saturated rings. The van der Waals surface area contributed by atoms with Crippen molar-refractivity contribution in [1.82, 2.24) is 19.4 Å². The van der Waals surface area contributed by atoms with Crippen LogP contribution < -0.4 is 31.1 Å². The number of methoxy groups -OCH3 is 2. The predicted molar refractivity (Wildman–Crippen MR) is 214 cm³/mol. The summed E-state index contributed by atoms with van der Waals surface area (Å²) in [5.41, 5.74) is 13.7. The van der Waals surface area contributed by atoms with Gasteiger partial charge in [0, 0.05) is 53.8 Å². The molecule has 0 unspecified atom stereocenters. The van der Waals surface area contributed by atoms with Gasteiger partial charge in [0.1, 0.15) is 18.2 Å². The SMILES string of the molecule is COc1cc(Cc2cnc(N)nc2N)cc(C#Cc2ccc3c(=O)c(OC(=O)OCCN(C(C)C)C(C)C)c(CS(=O)(=O)O)n(C4CCCCC4)c3c2)c1OC. The van der Waals surface area contributed by atoms with Gasteiger partial charge < -0.3 is 35.0 Å². The molecule has 0 spiro atoms. The van der Waals surface area contributed by atoms with Crippen LogP contribution in [-0.4, -0.2) is 78.0 Å². The first-order chi connectivity index (χ1) is 26.6. The summed E-state index contributed by atoms with van der Waals surface area (Å²) in [6.07, 6.45) is 4.80. The Hall–Kier alpha value is -5.37. The fraction of sp³-hybridized carbons (Fsp3) is 0.450. The Bertz CT molecular complexity index is 2300. The number of ether oxygens (including phenoxy) is 4. The maximum atomic E-state index is 14.1. The number of benzene rings is 2. The third-order valence-electron chi connectivity index (χ3n) is 9.79. The highest BCUT2D eigenvalue weighted by atomic mass is 32.2. The van der Waals surface area contributed by atoms with E-state index in [1.54, 1.807) is 35.0 Å². The van der Waals surface area contributed by atoms with Crippen LogP contribution >= 0.6 is 0 Å². The Kier molecular flexibility index (Phi) is 13.5. The smallest absolute Gasteiger partial charge is 0.493 e. The van der Waals surface area contributed by atoms with Crippen molar-refractivity contribution in [2.75, 3.05) is 38.8 Å². The van der Waals surface area contributed by atoms with Gasteiger partial charge in [0.2, 0.25) is 17.1 Å². The topological polar surface area (TPSA) is 211 Å². The standard InChI is InChI=1S/C40H50N6O9S/c1-24(2)45(25(3)4)16-17-54-40(48)55-37-33(23-56(49,50)51)46(30-10-8-7-9-11-30)32-20-26(13-15-31(32)35(37)47)12-14-28-18-27(21-34(52-5)36(28)53-6)19-29-22-43-39(42)44-38(29)41/h13,15,18,20-22,24-25,30H,7-11,16-17,19,23H2,1-6H3,(H,49,50,51)(H4,41,42,43,44). The molecule has 0 aliphatic heterocycles. The van der Waals surface area contributed by atoms with Crippen molar-refractivity contribution in [3.05, 3.63) is 74.7 Å². The van der Waals surface area contributed by atoms with Crippen LogP contribution in [0.2, 0.25) is 0 Å². The number of hydrogen-bond donors (Lipinski definition) is 3.